The molecule has 6 bridgehead atoms. The SMILES string of the molecule is COc1cc(CN2C3C4N(Cc5cc(OC)cc(OC)c5)C2C2N(Cc5cc(OC)cc(OC)c5)C(C(N2Cc2cc(OC)cc(OC)c2)N4Cc2cc(OC)cc(OC)c2)N3Cc2cc(OC)cc(OC)c2)cc(OC)c1. The molecule has 18 heteroatoms. The van der Waals surface area contributed by atoms with Crippen LogP contribution in [-0.2, 0) is 39.3 Å². The van der Waals surface area contributed by atoms with E-state index in [9.17, 15) is 0 Å². The van der Waals surface area contributed by atoms with Crippen molar-refractivity contribution in [3.63, 3.8) is 0 Å². The summed E-state index contributed by atoms with van der Waals surface area (Å²) in [6.07, 6.45) is -1.60. The lowest BCUT2D eigenvalue weighted by molar-refractivity contribution is -0.166. The van der Waals surface area contributed by atoms with Crippen LogP contribution >= 0.6 is 0 Å². The number of rotatable bonds is 24. The number of methoxy groups -OCH3 is 12. The molecule has 6 aromatic carbocycles. The zero-order valence-electron chi connectivity index (χ0n) is 46.7. The topological polar surface area (TPSA) is 130 Å². The molecule has 5 aliphatic rings. The monoisotopic (exact) mass is 1070 g/mol. The molecule has 78 heavy (non-hydrogen) atoms. The van der Waals surface area contributed by atoms with E-state index >= 15 is 0 Å². The molecule has 0 N–H and O–H groups in total. The smallest absolute Gasteiger partial charge is 0.122 e. The Morgan fingerprint density at radius 1 is 0.192 bits per heavy atom. The molecule has 0 radical (unpaired) electrons. The van der Waals surface area contributed by atoms with Gasteiger partial charge >= 0.3 is 0 Å². The zero-order chi connectivity index (χ0) is 54.8. The quantitative estimate of drug-likeness (QED) is 0.0578. The van der Waals surface area contributed by atoms with Crippen LogP contribution in [-0.4, -0.2) is 152 Å². The third kappa shape index (κ3) is 10.6. The van der Waals surface area contributed by atoms with Crippen molar-refractivity contribution < 1.29 is 56.8 Å². The Kier molecular flexibility index (Phi) is 16.2. The summed E-state index contributed by atoms with van der Waals surface area (Å²) in [6, 6.07) is 36.9. The standard InChI is InChI=1S/C60H72N6O12/c1-67-43-13-37(14-44(25-43)68-2)31-61-55-57-62(32-38-15-45(69-3)26-46(16-38)70-4)58-56(61)64(34-40-19-49(73-7)28-50(20-40)74-8)60(66(58)36-42-23-53(77-11)30-54(24-42)78-12)59(63(55)33-39-17-47(71-5)27-48(18-39)72-6)65(57)35-41-21-51(75-9)29-52(22-41)76-10/h13-30,55-60H,31-36H2,1-12H3. The summed E-state index contributed by atoms with van der Waals surface area (Å²) < 4.78 is 71.5. The fourth-order valence-electron chi connectivity index (χ4n) is 12.3. The molecule has 0 atom stereocenters. The molecule has 18 nitrogen and oxygen atoms in total. The maximum absolute atomic E-state index is 5.96. The predicted octanol–water partition coefficient (Wildman–Crippen LogP) is 8.11. The molecular weight excluding hydrogens is 997 g/mol. The van der Waals surface area contributed by atoms with Crippen molar-refractivity contribution in [2.24, 2.45) is 0 Å². The Balaban J connectivity index is 1.29. The maximum Gasteiger partial charge on any atom is 0.122 e. The second kappa shape index (κ2) is 23.3. The van der Waals surface area contributed by atoms with Gasteiger partial charge in [0.05, 0.1) is 122 Å². The van der Waals surface area contributed by atoms with Crippen molar-refractivity contribution in [2.75, 3.05) is 85.3 Å². The Labute approximate surface area is 457 Å². The first-order chi connectivity index (χ1) is 38.0. The van der Waals surface area contributed by atoms with Gasteiger partial charge in [-0.3, -0.25) is 29.4 Å². The van der Waals surface area contributed by atoms with E-state index in [0.717, 1.165) is 33.4 Å². The molecule has 5 fully saturated rings. The molecule has 0 aromatic heterocycles. The third-order valence-corrected chi connectivity index (χ3v) is 15.5. The minimum atomic E-state index is -0.295. The van der Waals surface area contributed by atoms with Crippen molar-refractivity contribution in [2.45, 2.75) is 76.3 Å². The molecule has 0 saturated carbocycles. The number of ether oxygens (including phenoxy) is 12. The van der Waals surface area contributed by atoms with Crippen molar-refractivity contribution in [1.82, 2.24) is 29.4 Å². The fraction of sp³-hybridized carbons (Fsp3) is 0.400. The first-order valence-corrected chi connectivity index (χ1v) is 25.9. The number of benzene rings is 6. The Morgan fingerprint density at radius 2 is 0.295 bits per heavy atom. The van der Waals surface area contributed by atoms with Gasteiger partial charge < -0.3 is 56.8 Å². The predicted molar refractivity (Wildman–Crippen MR) is 293 cm³/mol. The van der Waals surface area contributed by atoms with Crippen LogP contribution in [0.3, 0.4) is 0 Å². The largest absolute Gasteiger partial charge is 0.497 e. The van der Waals surface area contributed by atoms with Gasteiger partial charge in [-0.15, -0.1) is 0 Å². The van der Waals surface area contributed by atoms with Crippen LogP contribution in [0.15, 0.2) is 109 Å². The van der Waals surface area contributed by atoms with E-state index in [1.54, 1.807) is 85.3 Å². The molecule has 0 spiro atoms. The number of nitrogens with zero attached hydrogens (tertiary/aromatic N) is 6. The second-order valence-electron chi connectivity index (χ2n) is 19.8. The number of hydrogen-bond acceptors (Lipinski definition) is 18. The molecular formula is C60H72N6O12. The van der Waals surface area contributed by atoms with Gasteiger partial charge in [-0.2, -0.15) is 0 Å². The van der Waals surface area contributed by atoms with E-state index in [0.29, 0.717) is 108 Å². The molecule has 0 unspecified atom stereocenters. The molecule has 11 rings (SSSR count). The molecule has 0 amide bonds. The lowest BCUT2D eigenvalue weighted by Gasteiger charge is -2.56. The lowest BCUT2D eigenvalue weighted by atomic mass is 10.0. The zero-order valence-corrected chi connectivity index (χ0v) is 46.7. The molecule has 5 heterocycles. The molecule has 5 saturated heterocycles. The van der Waals surface area contributed by atoms with Crippen LogP contribution in [0.5, 0.6) is 69.0 Å². The van der Waals surface area contributed by atoms with Gasteiger partial charge in [0, 0.05) is 75.7 Å². The van der Waals surface area contributed by atoms with Gasteiger partial charge in [0.25, 0.3) is 0 Å². The average Bonchev–Trinajstić information content (AvgIpc) is 3.99. The summed E-state index contributed by atoms with van der Waals surface area (Å²) in [6.45, 7) is 3.12. The van der Waals surface area contributed by atoms with Crippen LogP contribution in [0.2, 0.25) is 0 Å². The normalized spacial score (nSPS) is 21.1. The second-order valence-corrected chi connectivity index (χ2v) is 19.8. The van der Waals surface area contributed by atoms with Crippen molar-refractivity contribution >= 4 is 0 Å². The summed E-state index contributed by atoms with van der Waals surface area (Å²) in [5, 5.41) is 0. The highest BCUT2D eigenvalue weighted by Gasteiger charge is 2.71. The van der Waals surface area contributed by atoms with Gasteiger partial charge in [-0.05, 0) is 106 Å². The van der Waals surface area contributed by atoms with E-state index in [1.807, 2.05) is 36.4 Å². The van der Waals surface area contributed by atoms with Crippen LogP contribution in [0.4, 0.5) is 0 Å². The molecule has 414 valence electrons. The summed E-state index contributed by atoms with van der Waals surface area (Å²) in [5.74, 6) is 8.43. The van der Waals surface area contributed by atoms with E-state index in [1.165, 1.54) is 0 Å². The fourth-order valence-corrected chi connectivity index (χ4v) is 12.3. The molecule has 0 aliphatic carbocycles. The van der Waals surface area contributed by atoms with Crippen LogP contribution < -0.4 is 56.8 Å². The Hall–Kier alpha value is -7.32. The summed E-state index contributed by atoms with van der Waals surface area (Å²) >= 11 is 0. The number of piperazine rings is 1. The van der Waals surface area contributed by atoms with E-state index < -0.39 is 0 Å². The highest BCUT2D eigenvalue weighted by atomic mass is 16.5. The van der Waals surface area contributed by atoms with Crippen LogP contribution in [0.25, 0.3) is 0 Å². The Morgan fingerprint density at radius 3 is 0.385 bits per heavy atom. The molecule has 5 aliphatic heterocycles. The average molecular weight is 1070 g/mol. The van der Waals surface area contributed by atoms with Crippen LogP contribution in [0, 0.1) is 0 Å². The maximum atomic E-state index is 5.96. The van der Waals surface area contributed by atoms with Gasteiger partial charge in [0.1, 0.15) is 69.0 Å². The van der Waals surface area contributed by atoms with Crippen molar-refractivity contribution in [1.29, 1.82) is 0 Å². The van der Waals surface area contributed by atoms with E-state index in [2.05, 4.69) is 102 Å². The van der Waals surface area contributed by atoms with E-state index in [-0.39, 0.29) is 37.0 Å². The summed E-state index contributed by atoms with van der Waals surface area (Å²) in [4.78, 5) is 16.1. The minimum absolute atomic E-state index is 0.253. The number of hydrogen-bond donors (Lipinski definition) is 0. The summed E-state index contributed by atoms with van der Waals surface area (Å²) in [5.41, 5.74) is 6.17. The van der Waals surface area contributed by atoms with Gasteiger partial charge in [-0.25, -0.2) is 0 Å². The lowest BCUT2D eigenvalue weighted by Crippen LogP contribution is -2.73. The first-order valence-electron chi connectivity index (χ1n) is 25.9. The third-order valence-electron chi connectivity index (χ3n) is 15.5. The van der Waals surface area contributed by atoms with E-state index in [4.69, 9.17) is 56.8 Å². The van der Waals surface area contributed by atoms with Gasteiger partial charge in [-0.1, -0.05) is 0 Å². The summed E-state index contributed by atoms with van der Waals surface area (Å²) in [7, 11) is 20.3. The van der Waals surface area contributed by atoms with Gasteiger partial charge in [0.2, 0.25) is 0 Å². The Bertz CT molecular complexity index is 2590. The molecule has 6 aromatic rings. The first kappa shape index (κ1) is 54.1. The van der Waals surface area contributed by atoms with Crippen LogP contribution in [0.1, 0.15) is 33.4 Å². The highest BCUT2D eigenvalue weighted by molar-refractivity contribution is 5.45. The minimum Gasteiger partial charge on any atom is -0.497 e. The highest BCUT2D eigenvalue weighted by Crippen LogP contribution is 2.55. The van der Waals surface area contributed by atoms with Crippen molar-refractivity contribution in [3.05, 3.63) is 143 Å². The van der Waals surface area contributed by atoms with Crippen molar-refractivity contribution in [3.8, 4) is 69.0 Å². The van der Waals surface area contributed by atoms with Gasteiger partial charge in [0.15, 0.2) is 0 Å².